The number of aromatic nitrogens is 2. The number of aryl methyl sites for hydroxylation is 1. The molecular formula is C31H30N6O2S. The Morgan fingerprint density at radius 2 is 1.82 bits per heavy atom. The molecule has 0 saturated carbocycles. The third-order valence-corrected chi connectivity index (χ3v) is 7.46. The smallest absolute Gasteiger partial charge is 0.255 e. The lowest BCUT2D eigenvalue weighted by Crippen LogP contribution is -2.35. The zero-order valence-corrected chi connectivity index (χ0v) is 23.3. The zero-order chi connectivity index (χ0) is 27.9. The number of ether oxygens (including phenoxy) is 1. The van der Waals surface area contributed by atoms with Crippen molar-refractivity contribution in [2.24, 2.45) is 0 Å². The van der Waals surface area contributed by atoms with Gasteiger partial charge in [-0.25, -0.2) is 9.97 Å². The van der Waals surface area contributed by atoms with E-state index in [1.54, 1.807) is 42.2 Å². The number of nitrogens with zero attached hydrogens (tertiary/aromatic N) is 4. The van der Waals surface area contributed by atoms with Crippen LogP contribution < -0.4 is 10.6 Å². The Morgan fingerprint density at radius 3 is 2.52 bits per heavy atom. The average molecular weight is 551 g/mol. The highest BCUT2D eigenvalue weighted by Crippen LogP contribution is 2.30. The Morgan fingerprint density at radius 1 is 1.07 bits per heavy atom. The van der Waals surface area contributed by atoms with Crippen molar-refractivity contribution in [3.05, 3.63) is 95.2 Å². The molecule has 2 heterocycles. The second kappa shape index (κ2) is 12.7. The van der Waals surface area contributed by atoms with Crippen molar-refractivity contribution >= 4 is 35.0 Å². The van der Waals surface area contributed by atoms with Gasteiger partial charge in [0.05, 0.1) is 35.4 Å². The second-order valence-corrected chi connectivity index (χ2v) is 10.3. The molecule has 0 unspecified atom stereocenters. The molecule has 0 spiro atoms. The van der Waals surface area contributed by atoms with E-state index in [0.29, 0.717) is 17.1 Å². The van der Waals surface area contributed by atoms with Gasteiger partial charge in [0, 0.05) is 48.3 Å². The number of carbonyl (C=O) groups excluding carboxylic acids is 1. The van der Waals surface area contributed by atoms with E-state index in [0.717, 1.165) is 71.5 Å². The molecule has 202 valence electrons. The van der Waals surface area contributed by atoms with E-state index in [2.05, 4.69) is 38.7 Å². The number of amides is 1. The number of hydrogen-bond donors (Lipinski definition) is 2. The van der Waals surface area contributed by atoms with E-state index >= 15 is 0 Å². The number of benzene rings is 3. The molecule has 0 atom stereocenters. The molecule has 40 heavy (non-hydrogen) atoms. The minimum atomic E-state index is -0.165. The molecule has 5 rings (SSSR count). The molecule has 0 radical (unpaired) electrons. The van der Waals surface area contributed by atoms with Crippen LogP contribution in [0.4, 0.5) is 17.3 Å². The average Bonchev–Trinajstić information content (AvgIpc) is 3.00. The summed E-state index contributed by atoms with van der Waals surface area (Å²) in [7, 11) is 0. The van der Waals surface area contributed by atoms with E-state index < -0.39 is 0 Å². The number of rotatable bonds is 8. The van der Waals surface area contributed by atoms with E-state index in [-0.39, 0.29) is 5.91 Å². The van der Waals surface area contributed by atoms with Crippen LogP contribution in [-0.4, -0.2) is 53.3 Å². The van der Waals surface area contributed by atoms with Crippen molar-refractivity contribution in [1.29, 1.82) is 5.26 Å². The van der Waals surface area contributed by atoms with Gasteiger partial charge in [0.25, 0.3) is 5.91 Å². The van der Waals surface area contributed by atoms with E-state index in [4.69, 9.17) is 15.0 Å². The van der Waals surface area contributed by atoms with Crippen molar-refractivity contribution in [1.82, 2.24) is 14.9 Å². The van der Waals surface area contributed by atoms with Crippen LogP contribution in [0.1, 0.15) is 27.0 Å². The molecule has 4 aromatic rings. The number of thioether (sulfide) groups is 1. The highest BCUT2D eigenvalue weighted by molar-refractivity contribution is 7.98. The molecule has 1 aromatic heterocycles. The molecule has 9 heteroatoms. The Labute approximate surface area is 238 Å². The first-order valence-electron chi connectivity index (χ1n) is 13.0. The number of anilines is 3. The highest BCUT2D eigenvalue weighted by Gasteiger charge is 2.14. The minimum Gasteiger partial charge on any atom is -0.379 e. The van der Waals surface area contributed by atoms with Crippen molar-refractivity contribution in [2.75, 3.05) is 43.2 Å². The number of nitrogens with one attached hydrogen (secondary N) is 2. The molecule has 0 aliphatic carbocycles. The van der Waals surface area contributed by atoms with Crippen LogP contribution in [0.15, 0.2) is 77.8 Å². The van der Waals surface area contributed by atoms with Crippen LogP contribution in [-0.2, 0) is 11.3 Å². The summed E-state index contributed by atoms with van der Waals surface area (Å²) in [5, 5.41) is 15.4. The van der Waals surface area contributed by atoms with Gasteiger partial charge in [-0.1, -0.05) is 24.3 Å². The molecule has 1 aliphatic rings. The third-order valence-electron chi connectivity index (χ3n) is 6.73. The topological polar surface area (TPSA) is 103 Å². The molecule has 8 nitrogen and oxygen atoms in total. The summed E-state index contributed by atoms with van der Waals surface area (Å²) < 4.78 is 5.44. The second-order valence-electron chi connectivity index (χ2n) is 9.49. The summed E-state index contributed by atoms with van der Waals surface area (Å²) >= 11 is 1.56. The van der Waals surface area contributed by atoms with Crippen LogP contribution in [0, 0.1) is 18.3 Å². The maximum atomic E-state index is 13.0. The van der Waals surface area contributed by atoms with Gasteiger partial charge in [-0.05, 0) is 66.8 Å². The molecule has 1 aliphatic heterocycles. The molecule has 1 amide bonds. The Bertz CT molecular complexity index is 1530. The SMILES string of the molecule is CSc1cnc(Nc2ccc(C(=O)Nc3cc(CN4CCOCC4)ccc3C)cc2)nc1-c1ccc(C#N)cc1. The summed E-state index contributed by atoms with van der Waals surface area (Å²) in [6.07, 6.45) is 3.76. The van der Waals surface area contributed by atoms with Crippen LogP contribution in [0.25, 0.3) is 11.3 Å². The monoisotopic (exact) mass is 550 g/mol. The Kier molecular flexibility index (Phi) is 8.71. The highest BCUT2D eigenvalue weighted by atomic mass is 32.2. The van der Waals surface area contributed by atoms with Crippen molar-refractivity contribution < 1.29 is 9.53 Å². The number of hydrogen-bond acceptors (Lipinski definition) is 8. The van der Waals surface area contributed by atoms with Gasteiger partial charge >= 0.3 is 0 Å². The Balaban J connectivity index is 1.26. The summed E-state index contributed by atoms with van der Waals surface area (Å²) in [4.78, 5) is 25.5. The van der Waals surface area contributed by atoms with Gasteiger partial charge in [0.15, 0.2) is 0 Å². The minimum absolute atomic E-state index is 0.165. The molecule has 1 fully saturated rings. The van der Waals surface area contributed by atoms with Crippen LogP contribution >= 0.6 is 11.8 Å². The summed E-state index contributed by atoms with van der Waals surface area (Å²) in [6.45, 7) is 6.18. The lowest BCUT2D eigenvalue weighted by atomic mass is 10.1. The quantitative estimate of drug-likeness (QED) is 0.263. The van der Waals surface area contributed by atoms with Gasteiger partial charge in [-0.2, -0.15) is 5.26 Å². The maximum Gasteiger partial charge on any atom is 0.255 e. The molecule has 1 saturated heterocycles. The molecule has 3 aromatic carbocycles. The standard InChI is InChI=1S/C31H30N6O2S/c1-21-3-4-23(20-37-13-15-39-16-14-37)17-27(21)35-30(38)25-9-11-26(12-10-25)34-31-33-19-28(40-2)29(36-31)24-7-5-22(18-32)6-8-24/h3-12,17,19H,13-16,20H2,1-2H3,(H,35,38)(H,33,34,36). The Hall–Kier alpha value is -4.23. The number of morpholine rings is 1. The molecule has 0 bridgehead atoms. The number of nitriles is 1. The summed E-state index contributed by atoms with van der Waals surface area (Å²) in [6, 6.07) is 22.9. The zero-order valence-electron chi connectivity index (χ0n) is 22.5. The van der Waals surface area contributed by atoms with Crippen molar-refractivity contribution in [2.45, 2.75) is 18.4 Å². The fraction of sp³-hybridized carbons (Fsp3) is 0.226. The van der Waals surface area contributed by atoms with Gasteiger partial charge in [-0.3, -0.25) is 9.69 Å². The fourth-order valence-electron chi connectivity index (χ4n) is 4.44. The van der Waals surface area contributed by atoms with E-state index in [1.807, 2.05) is 43.5 Å². The van der Waals surface area contributed by atoms with E-state index in [1.165, 1.54) is 0 Å². The lowest BCUT2D eigenvalue weighted by Gasteiger charge is -2.26. The fourth-order valence-corrected chi connectivity index (χ4v) is 4.95. The largest absolute Gasteiger partial charge is 0.379 e. The van der Waals surface area contributed by atoms with Crippen LogP contribution in [0.3, 0.4) is 0 Å². The first kappa shape index (κ1) is 27.3. The van der Waals surface area contributed by atoms with Gasteiger partial charge in [0.2, 0.25) is 5.95 Å². The molecule has 2 N–H and O–H groups in total. The first-order chi connectivity index (χ1) is 19.5. The summed E-state index contributed by atoms with van der Waals surface area (Å²) in [5.74, 6) is 0.281. The van der Waals surface area contributed by atoms with Crippen LogP contribution in [0.5, 0.6) is 0 Å². The predicted octanol–water partition coefficient (Wildman–Crippen LogP) is 5.87. The van der Waals surface area contributed by atoms with Gasteiger partial charge < -0.3 is 15.4 Å². The van der Waals surface area contributed by atoms with Gasteiger partial charge in [-0.15, -0.1) is 11.8 Å². The third kappa shape index (κ3) is 6.66. The normalized spacial score (nSPS) is 13.4. The van der Waals surface area contributed by atoms with Crippen LogP contribution in [0.2, 0.25) is 0 Å². The van der Waals surface area contributed by atoms with Crippen molar-refractivity contribution in [3.8, 4) is 17.3 Å². The number of carbonyl (C=O) groups is 1. The summed E-state index contributed by atoms with van der Waals surface area (Å²) in [5.41, 5.74) is 6.61. The van der Waals surface area contributed by atoms with Gasteiger partial charge in [0.1, 0.15) is 0 Å². The maximum absolute atomic E-state index is 13.0. The first-order valence-corrected chi connectivity index (χ1v) is 14.2. The molecular weight excluding hydrogens is 520 g/mol. The lowest BCUT2D eigenvalue weighted by molar-refractivity contribution is 0.0342. The van der Waals surface area contributed by atoms with E-state index in [9.17, 15) is 4.79 Å². The van der Waals surface area contributed by atoms with Crippen molar-refractivity contribution in [3.63, 3.8) is 0 Å². The predicted molar refractivity (Wildman–Crippen MR) is 159 cm³/mol.